The minimum absolute atomic E-state index is 0.296. The highest BCUT2D eigenvalue weighted by molar-refractivity contribution is 6.13. The van der Waals surface area contributed by atoms with Crippen molar-refractivity contribution in [3.05, 3.63) is 48.2 Å². The standard InChI is InChI=1S/C19H20N2O3/c1-3-24-19(23)16-11-21-17-14-7-5-4-6-13(14)8-9-15(17)18(16)20-10-12(2)22/h4-9,11-12,22H,3,10H2,1-2H3,(H,20,21)/t12-/m0/s1. The van der Waals surface area contributed by atoms with Crippen LogP contribution in [0.5, 0.6) is 0 Å². The molecule has 124 valence electrons. The van der Waals surface area contributed by atoms with Crippen molar-refractivity contribution in [1.82, 2.24) is 4.98 Å². The van der Waals surface area contributed by atoms with Gasteiger partial charge in [0.1, 0.15) is 5.56 Å². The average molecular weight is 324 g/mol. The third-order valence-corrected chi connectivity index (χ3v) is 3.83. The molecule has 24 heavy (non-hydrogen) atoms. The molecule has 0 spiro atoms. The Kier molecular flexibility index (Phi) is 4.62. The molecule has 0 amide bonds. The van der Waals surface area contributed by atoms with Gasteiger partial charge < -0.3 is 15.2 Å². The Bertz CT molecular complexity index is 890. The third-order valence-electron chi connectivity index (χ3n) is 3.83. The van der Waals surface area contributed by atoms with Crippen LogP contribution in [-0.4, -0.2) is 35.3 Å². The molecule has 5 heteroatoms. The van der Waals surface area contributed by atoms with E-state index in [1.807, 2.05) is 36.4 Å². The molecule has 3 aromatic rings. The molecule has 0 bridgehead atoms. The molecule has 0 saturated heterocycles. The zero-order valence-electron chi connectivity index (χ0n) is 13.7. The first-order chi connectivity index (χ1) is 11.6. The molecule has 0 unspecified atom stereocenters. The van der Waals surface area contributed by atoms with Gasteiger partial charge in [-0.25, -0.2) is 4.79 Å². The Hall–Kier alpha value is -2.66. The zero-order valence-corrected chi connectivity index (χ0v) is 13.7. The van der Waals surface area contributed by atoms with Gasteiger partial charge >= 0.3 is 5.97 Å². The van der Waals surface area contributed by atoms with Gasteiger partial charge in [-0.3, -0.25) is 4.98 Å². The second-order valence-electron chi connectivity index (χ2n) is 5.68. The maximum atomic E-state index is 12.3. The van der Waals surface area contributed by atoms with Gasteiger partial charge in [0.25, 0.3) is 0 Å². The van der Waals surface area contributed by atoms with Gasteiger partial charge in [0.05, 0.1) is 23.9 Å². The molecule has 0 aliphatic heterocycles. The van der Waals surface area contributed by atoms with Gasteiger partial charge in [0.2, 0.25) is 0 Å². The van der Waals surface area contributed by atoms with E-state index in [2.05, 4.69) is 10.3 Å². The molecule has 0 aliphatic carbocycles. The van der Waals surface area contributed by atoms with Crippen molar-refractivity contribution < 1.29 is 14.6 Å². The van der Waals surface area contributed by atoms with Crippen molar-refractivity contribution in [2.45, 2.75) is 20.0 Å². The van der Waals surface area contributed by atoms with Crippen molar-refractivity contribution in [2.24, 2.45) is 0 Å². The highest BCUT2D eigenvalue weighted by Gasteiger charge is 2.18. The lowest BCUT2D eigenvalue weighted by Crippen LogP contribution is -2.18. The molecule has 1 atom stereocenters. The van der Waals surface area contributed by atoms with Crippen LogP contribution >= 0.6 is 0 Å². The number of esters is 1. The monoisotopic (exact) mass is 324 g/mol. The maximum Gasteiger partial charge on any atom is 0.341 e. The van der Waals surface area contributed by atoms with E-state index < -0.39 is 12.1 Å². The summed E-state index contributed by atoms with van der Waals surface area (Å²) < 4.78 is 5.13. The number of ether oxygens (including phenoxy) is 1. The van der Waals surface area contributed by atoms with Crippen LogP contribution in [0.15, 0.2) is 42.6 Å². The summed E-state index contributed by atoms with van der Waals surface area (Å²) in [6.45, 7) is 4.08. The number of benzene rings is 2. The Morgan fingerprint density at radius 2 is 2.04 bits per heavy atom. The first-order valence-corrected chi connectivity index (χ1v) is 8.01. The number of hydrogen-bond donors (Lipinski definition) is 2. The number of aromatic nitrogens is 1. The molecule has 2 aromatic carbocycles. The molecular formula is C19H20N2O3. The smallest absolute Gasteiger partial charge is 0.341 e. The number of anilines is 1. The first kappa shape index (κ1) is 16.2. The van der Waals surface area contributed by atoms with Gasteiger partial charge in [-0.05, 0) is 19.2 Å². The van der Waals surface area contributed by atoms with Crippen molar-refractivity contribution in [3.8, 4) is 0 Å². The summed E-state index contributed by atoms with van der Waals surface area (Å²) in [7, 11) is 0. The Morgan fingerprint density at radius 1 is 1.25 bits per heavy atom. The van der Waals surface area contributed by atoms with E-state index in [4.69, 9.17) is 4.74 Å². The molecule has 1 aromatic heterocycles. The van der Waals surface area contributed by atoms with Crippen LogP contribution in [0.4, 0.5) is 5.69 Å². The fourth-order valence-electron chi connectivity index (χ4n) is 2.74. The molecule has 0 saturated carbocycles. The summed E-state index contributed by atoms with van der Waals surface area (Å²) in [6, 6.07) is 11.9. The molecule has 0 radical (unpaired) electrons. The number of carbonyl (C=O) groups excluding carboxylic acids is 1. The fourth-order valence-corrected chi connectivity index (χ4v) is 2.74. The van der Waals surface area contributed by atoms with Crippen LogP contribution < -0.4 is 5.32 Å². The lowest BCUT2D eigenvalue weighted by Gasteiger charge is -2.16. The van der Waals surface area contributed by atoms with Crippen molar-refractivity contribution in [3.63, 3.8) is 0 Å². The van der Waals surface area contributed by atoms with E-state index in [9.17, 15) is 9.90 Å². The van der Waals surface area contributed by atoms with Crippen molar-refractivity contribution in [2.75, 3.05) is 18.5 Å². The van der Waals surface area contributed by atoms with E-state index in [-0.39, 0.29) is 0 Å². The number of aliphatic hydroxyl groups excluding tert-OH is 1. The van der Waals surface area contributed by atoms with E-state index in [0.29, 0.717) is 24.4 Å². The number of pyridine rings is 1. The zero-order chi connectivity index (χ0) is 17.1. The molecule has 3 rings (SSSR count). The molecule has 5 nitrogen and oxygen atoms in total. The quantitative estimate of drug-likeness (QED) is 0.556. The number of carbonyl (C=O) groups is 1. The van der Waals surface area contributed by atoms with Crippen molar-refractivity contribution >= 4 is 33.3 Å². The van der Waals surface area contributed by atoms with Crippen LogP contribution in [0.25, 0.3) is 21.7 Å². The Balaban J connectivity index is 2.22. The SMILES string of the molecule is CCOC(=O)c1cnc2c(ccc3ccccc32)c1NC[C@H](C)O. The van der Waals surface area contributed by atoms with Gasteiger partial charge in [-0.15, -0.1) is 0 Å². The minimum Gasteiger partial charge on any atom is -0.462 e. The molecular weight excluding hydrogens is 304 g/mol. The summed E-state index contributed by atoms with van der Waals surface area (Å²) in [5.41, 5.74) is 1.83. The summed E-state index contributed by atoms with van der Waals surface area (Å²) in [6.07, 6.45) is 1.00. The van der Waals surface area contributed by atoms with Crippen molar-refractivity contribution in [1.29, 1.82) is 0 Å². The number of nitrogens with zero attached hydrogens (tertiary/aromatic N) is 1. The average Bonchev–Trinajstić information content (AvgIpc) is 2.59. The summed E-state index contributed by atoms with van der Waals surface area (Å²) in [5, 5.41) is 15.7. The maximum absolute atomic E-state index is 12.3. The topological polar surface area (TPSA) is 71.5 Å². The lowest BCUT2D eigenvalue weighted by molar-refractivity contribution is 0.0527. The van der Waals surface area contributed by atoms with E-state index in [1.165, 1.54) is 6.20 Å². The molecule has 1 heterocycles. The van der Waals surface area contributed by atoms with Crippen LogP contribution in [0.3, 0.4) is 0 Å². The second kappa shape index (κ2) is 6.84. The number of aliphatic hydroxyl groups is 1. The molecule has 0 fully saturated rings. The van der Waals surface area contributed by atoms with Gasteiger partial charge in [-0.1, -0.05) is 36.4 Å². The summed E-state index contributed by atoms with van der Waals surface area (Å²) in [5.74, 6) is -0.423. The number of rotatable bonds is 5. The third kappa shape index (κ3) is 3.03. The second-order valence-corrected chi connectivity index (χ2v) is 5.68. The van der Waals surface area contributed by atoms with Crippen LogP contribution in [0.2, 0.25) is 0 Å². The minimum atomic E-state index is -0.538. The van der Waals surface area contributed by atoms with E-state index in [1.54, 1.807) is 13.8 Å². The lowest BCUT2D eigenvalue weighted by atomic mass is 10.0. The predicted molar refractivity (Wildman–Crippen MR) is 95.4 cm³/mol. The predicted octanol–water partition coefficient (Wildman–Crippen LogP) is 3.36. The Labute approximate surface area is 140 Å². The highest BCUT2D eigenvalue weighted by atomic mass is 16.5. The van der Waals surface area contributed by atoms with Crippen LogP contribution in [0, 0.1) is 0 Å². The number of fused-ring (bicyclic) bond motifs is 3. The van der Waals surface area contributed by atoms with E-state index >= 15 is 0 Å². The normalized spacial score (nSPS) is 12.3. The summed E-state index contributed by atoms with van der Waals surface area (Å²) >= 11 is 0. The molecule has 0 aliphatic rings. The fraction of sp³-hybridized carbons (Fsp3) is 0.263. The number of hydrogen-bond acceptors (Lipinski definition) is 5. The first-order valence-electron chi connectivity index (χ1n) is 8.01. The summed E-state index contributed by atoms with van der Waals surface area (Å²) in [4.78, 5) is 16.7. The highest BCUT2D eigenvalue weighted by Crippen LogP contribution is 2.31. The van der Waals surface area contributed by atoms with Crippen LogP contribution in [-0.2, 0) is 4.74 Å². The largest absolute Gasteiger partial charge is 0.462 e. The Morgan fingerprint density at radius 3 is 2.79 bits per heavy atom. The van der Waals surface area contributed by atoms with E-state index in [0.717, 1.165) is 21.7 Å². The van der Waals surface area contributed by atoms with Gasteiger partial charge in [0.15, 0.2) is 0 Å². The molecule has 2 N–H and O–H groups in total. The number of nitrogens with one attached hydrogen (secondary N) is 1. The van der Waals surface area contributed by atoms with Crippen LogP contribution in [0.1, 0.15) is 24.2 Å². The van der Waals surface area contributed by atoms with Gasteiger partial charge in [-0.2, -0.15) is 0 Å². The van der Waals surface area contributed by atoms with Gasteiger partial charge in [0, 0.05) is 23.5 Å².